The topological polar surface area (TPSA) is 66.2 Å². The molecular formula is C18H22N2O4. The quantitative estimate of drug-likeness (QED) is 0.877. The van der Waals surface area contributed by atoms with Crippen molar-refractivity contribution in [3.8, 4) is 5.75 Å². The summed E-state index contributed by atoms with van der Waals surface area (Å²) < 4.78 is 10.5. The van der Waals surface area contributed by atoms with Gasteiger partial charge in [0, 0.05) is 32.7 Å². The number of carboxylic acids is 1. The minimum Gasteiger partial charge on any atom is -0.496 e. The largest absolute Gasteiger partial charge is 0.496 e. The van der Waals surface area contributed by atoms with Crippen LogP contribution in [0.2, 0.25) is 0 Å². The maximum atomic E-state index is 11.3. The third kappa shape index (κ3) is 3.96. The number of carboxylic acid groups (broad SMARTS) is 1. The molecule has 6 nitrogen and oxygen atoms in total. The first-order chi connectivity index (χ1) is 11.7. The van der Waals surface area contributed by atoms with Gasteiger partial charge in [0.1, 0.15) is 17.1 Å². The summed E-state index contributed by atoms with van der Waals surface area (Å²) in [6.07, 6.45) is 1.70. The van der Waals surface area contributed by atoms with Gasteiger partial charge in [-0.2, -0.15) is 0 Å². The van der Waals surface area contributed by atoms with Gasteiger partial charge in [-0.05, 0) is 29.8 Å². The summed E-state index contributed by atoms with van der Waals surface area (Å²) in [7, 11) is 1.49. The molecule has 0 aliphatic carbocycles. The molecule has 1 aromatic heterocycles. The first-order valence-corrected chi connectivity index (χ1v) is 8.03. The number of ether oxygens (including phenoxy) is 1. The van der Waals surface area contributed by atoms with Gasteiger partial charge >= 0.3 is 5.97 Å². The Morgan fingerprint density at radius 2 is 1.88 bits per heavy atom. The van der Waals surface area contributed by atoms with Crippen molar-refractivity contribution in [1.29, 1.82) is 0 Å². The van der Waals surface area contributed by atoms with E-state index in [4.69, 9.17) is 9.15 Å². The zero-order valence-corrected chi connectivity index (χ0v) is 13.8. The van der Waals surface area contributed by atoms with Crippen LogP contribution in [0.15, 0.2) is 41.0 Å². The second-order valence-corrected chi connectivity index (χ2v) is 5.97. The Morgan fingerprint density at radius 3 is 2.46 bits per heavy atom. The molecule has 1 N–H and O–H groups in total. The molecular weight excluding hydrogens is 308 g/mol. The van der Waals surface area contributed by atoms with Gasteiger partial charge in [0.25, 0.3) is 0 Å². The first kappa shape index (κ1) is 16.5. The number of nitrogens with zero attached hydrogens (tertiary/aromatic N) is 2. The van der Waals surface area contributed by atoms with Gasteiger partial charge in [-0.15, -0.1) is 0 Å². The smallest absolute Gasteiger partial charge is 0.339 e. The monoisotopic (exact) mass is 330 g/mol. The lowest BCUT2D eigenvalue weighted by atomic mass is 10.1. The van der Waals surface area contributed by atoms with Gasteiger partial charge in [0.05, 0.1) is 19.9 Å². The molecule has 3 rings (SSSR count). The lowest BCUT2D eigenvalue weighted by Gasteiger charge is -2.34. The number of rotatable bonds is 6. The van der Waals surface area contributed by atoms with Crippen LogP contribution in [0.3, 0.4) is 0 Å². The number of piperazine rings is 1. The van der Waals surface area contributed by atoms with E-state index in [1.54, 1.807) is 18.4 Å². The van der Waals surface area contributed by atoms with Crippen LogP contribution in [-0.4, -0.2) is 54.2 Å². The van der Waals surface area contributed by atoms with E-state index in [0.717, 1.165) is 50.6 Å². The van der Waals surface area contributed by atoms with Crippen LogP contribution >= 0.6 is 0 Å². The van der Waals surface area contributed by atoms with E-state index < -0.39 is 5.97 Å². The van der Waals surface area contributed by atoms with Crippen LogP contribution in [-0.2, 0) is 13.1 Å². The number of aromatic carboxylic acids is 1. The maximum Gasteiger partial charge on any atom is 0.339 e. The fourth-order valence-corrected chi connectivity index (χ4v) is 3.01. The van der Waals surface area contributed by atoms with E-state index in [0.29, 0.717) is 5.75 Å². The van der Waals surface area contributed by atoms with Crippen LogP contribution in [0, 0.1) is 0 Å². The number of furan rings is 1. The summed E-state index contributed by atoms with van der Waals surface area (Å²) in [5, 5.41) is 9.28. The first-order valence-electron chi connectivity index (χ1n) is 8.03. The fourth-order valence-electron chi connectivity index (χ4n) is 3.01. The van der Waals surface area contributed by atoms with Crippen molar-refractivity contribution < 1.29 is 19.1 Å². The molecule has 1 saturated heterocycles. The molecule has 1 fully saturated rings. The van der Waals surface area contributed by atoms with E-state index in [1.807, 2.05) is 18.2 Å². The van der Waals surface area contributed by atoms with Gasteiger partial charge in [-0.1, -0.05) is 6.07 Å². The van der Waals surface area contributed by atoms with E-state index in [2.05, 4.69) is 9.80 Å². The Balaban J connectivity index is 1.56. The summed E-state index contributed by atoms with van der Waals surface area (Å²) in [6, 6.07) is 9.27. The van der Waals surface area contributed by atoms with Gasteiger partial charge in [0.15, 0.2) is 0 Å². The van der Waals surface area contributed by atoms with Crippen LogP contribution < -0.4 is 4.74 Å². The number of hydrogen-bond acceptors (Lipinski definition) is 5. The Morgan fingerprint density at radius 1 is 1.17 bits per heavy atom. The minimum atomic E-state index is -0.961. The van der Waals surface area contributed by atoms with E-state index in [-0.39, 0.29) is 5.56 Å². The van der Waals surface area contributed by atoms with Crippen molar-refractivity contribution in [2.24, 2.45) is 0 Å². The molecule has 0 spiro atoms. The predicted molar refractivity (Wildman–Crippen MR) is 89.2 cm³/mol. The lowest BCUT2D eigenvalue weighted by molar-refractivity contribution is 0.0693. The molecule has 0 unspecified atom stereocenters. The number of methoxy groups -OCH3 is 1. The standard InChI is InChI=1S/C18H22N2O4/c1-23-17-5-4-14(11-16(17)18(21)22)12-19-6-8-20(9-7-19)13-15-3-2-10-24-15/h2-5,10-11H,6-9,12-13H2,1H3,(H,21,22). The zero-order valence-electron chi connectivity index (χ0n) is 13.8. The zero-order chi connectivity index (χ0) is 16.9. The molecule has 0 saturated carbocycles. The average Bonchev–Trinajstić information content (AvgIpc) is 3.09. The van der Waals surface area contributed by atoms with Crippen molar-refractivity contribution >= 4 is 5.97 Å². The van der Waals surface area contributed by atoms with Crippen LogP contribution in [0.4, 0.5) is 0 Å². The Labute approximate surface area is 141 Å². The van der Waals surface area contributed by atoms with Crippen molar-refractivity contribution in [2.75, 3.05) is 33.3 Å². The molecule has 0 radical (unpaired) electrons. The molecule has 1 aromatic carbocycles. The molecule has 1 aliphatic heterocycles. The van der Waals surface area contributed by atoms with Gasteiger partial charge in [-0.25, -0.2) is 4.79 Å². The predicted octanol–water partition coefficient (Wildman–Crippen LogP) is 2.30. The van der Waals surface area contributed by atoms with Gasteiger partial charge < -0.3 is 14.3 Å². The Bertz CT molecular complexity index is 676. The molecule has 0 bridgehead atoms. The molecule has 2 aromatic rings. The third-order valence-electron chi connectivity index (χ3n) is 4.32. The number of carbonyl (C=O) groups is 1. The van der Waals surface area contributed by atoms with Gasteiger partial charge in [-0.3, -0.25) is 9.80 Å². The highest BCUT2D eigenvalue weighted by molar-refractivity contribution is 5.91. The SMILES string of the molecule is COc1ccc(CN2CCN(Cc3ccco3)CC2)cc1C(=O)O. The fraction of sp³-hybridized carbons (Fsp3) is 0.389. The summed E-state index contributed by atoms with van der Waals surface area (Å²) in [4.78, 5) is 16.0. The van der Waals surface area contributed by atoms with Crippen LogP contribution in [0.1, 0.15) is 21.7 Å². The minimum absolute atomic E-state index is 0.214. The Hall–Kier alpha value is -2.31. The summed E-state index contributed by atoms with van der Waals surface area (Å²) in [5.74, 6) is 0.427. The molecule has 128 valence electrons. The van der Waals surface area contributed by atoms with E-state index in [9.17, 15) is 9.90 Å². The normalized spacial score (nSPS) is 16.2. The van der Waals surface area contributed by atoms with Crippen molar-refractivity contribution in [3.05, 3.63) is 53.5 Å². The van der Waals surface area contributed by atoms with Crippen LogP contribution in [0.5, 0.6) is 5.75 Å². The second kappa shape index (κ2) is 7.51. The molecule has 24 heavy (non-hydrogen) atoms. The molecule has 0 amide bonds. The second-order valence-electron chi connectivity index (χ2n) is 5.97. The summed E-state index contributed by atoms with van der Waals surface area (Å²) in [5.41, 5.74) is 1.21. The highest BCUT2D eigenvalue weighted by Gasteiger charge is 2.19. The maximum absolute atomic E-state index is 11.3. The van der Waals surface area contributed by atoms with Crippen molar-refractivity contribution in [1.82, 2.24) is 9.80 Å². The summed E-state index contributed by atoms with van der Waals surface area (Å²) >= 11 is 0. The van der Waals surface area contributed by atoms with Crippen LogP contribution in [0.25, 0.3) is 0 Å². The van der Waals surface area contributed by atoms with Crippen molar-refractivity contribution in [2.45, 2.75) is 13.1 Å². The van der Waals surface area contributed by atoms with E-state index >= 15 is 0 Å². The molecule has 2 heterocycles. The average molecular weight is 330 g/mol. The summed E-state index contributed by atoms with van der Waals surface area (Å²) in [6.45, 7) is 5.45. The molecule has 1 aliphatic rings. The lowest BCUT2D eigenvalue weighted by Crippen LogP contribution is -2.45. The van der Waals surface area contributed by atoms with E-state index in [1.165, 1.54) is 7.11 Å². The number of hydrogen-bond donors (Lipinski definition) is 1. The molecule has 6 heteroatoms. The van der Waals surface area contributed by atoms with Crippen molar-refractivity contribution in [3.63, 3.8) is 0 Å². The molecule has 0 atom stereocenters. The third-order valence-corrected chi connectivity index (χ3v) is 4.32. The van der Waals surface area contributed by atoms with Gasteiger partial charge in [0.2, 0.25) is 0 Å². The Kier molecular flexibility index (Phi) is 5.17. The highest BCUT2D eigenvalue weighted by Crippen LogP contribution is 2.21. The number of benzene rings is 1. The highest BCUT2D eigenvalue weighted by atomic mass is 16.5.